The summed E-state index contributed by atoms with van der Waals surface area (Å²) in [6.45, 7) is 3.19. The van der Waals surface area contributed by atoms with Crippen LogP contribution >= 0.6 is 23.1 Å². The van der Waals surface area contributed by atoms with Gasteiger partial charge in [-0.25, -0.2) is 4.98 Å². The van der Waals surface area contributed by atoms with E-state index in [4.69, 9.17) is 9.47 Å². The summed E-state index contributed by atoms with van der Waals surface area (Å²) in [5.74, 6) is 1.42. The van der Waals surface area contributed by atoms with E-state index in [-0.39, 0.29) is 11.2 Å². The zero-order chi connectivity index (χ0) is 19.3. The van der Waals surface area contributed by atoms with Crippen LogP contribution in [-0.2, 0) is 4.79 Å². The van der Waals surface area contributed by atoms with Crippen LogP contribution in [0.2, 0.25) is 0 Å². The average molecular weight is 413 g/mol. The molecule has 1 amide bonds. The number of carbonyl (C=O) groups excluding carboxylic acids is 1. The third-order valence-corrected chi connectivity index (χ3v) is 6.06. The Morgan fingerprint density at radius 3 is 2.75 bits per heavy atom. The Morgan fingerprint density at radius 1 is 1.14 bits per heavy atom. The first-order valence-corrected chi connectivity index (χ1v) is 10.8. The standard InChI is InChI=1S/C21H20N2O3S2/c1-14(28-16-8-9-18-19(12-16)26-11-5-10-25-18)20(24)23-21-22-17(13-27-21)15-6-3-2-4-7-15/h2-4,6-9,12-14H,5,10-11H2,1H3,(H,22,23,24). The molecule has 4 rings (SSSR count). The lowest BCUT2D eigenvalue weighted by Gasteiger charge is -2.13. The summed E-state index contributed by atoms with van der Waals surface area (Å²) in [6, 6.07) is 15.7. The normalized spacial score (nSPS) is 14.2. The smallest absolute Gasteiger partial charge is 0.239 e. The molecule has 0 aliphatic carbocycles. The second-order valence-electron chi connectivity index (χ2n) is 6.31. The van der Waals surface area contributed by atoms with E-state index in [1.165, 1.54) is 23.1 Å². The van der Waals surface area contributed by atoms with Crippen molar-refractivity contribution in [1.82, 2.24) is 4.98 Å². The van der Waals surface area contributed by atoms with E-state index < -0.39 is 0 Å². The van der Waals surface area contributed by atoms with Gasteiger partial charge in [-0.05, 0) is 25.1 Å². The maximum Gasteiger partial charge on any atom is 0.239 e. The minimum atomic E-state index is -0.270. The van der Waals surface area contributed by atoms with Crippen LogP contribution in [0.4, 0.5) is 5.13 Å². The molecule has 28 heavy (non-hydrogen) atoms. The van der Waals surface area contributed by atoms with Gasteiger partial charge in [0.25, 0.3) is 0 Å². The molecule has 2 heterocycles. The number of rotatable bonds is 5. The van der Waals surface area contributed by atoms with Crippen LogP contribution < -0.4 is 14.8 Å². The van der Waals surface area contributed by atoms with Crippen LogP contribution in [0.5, 0.6) is 11.5 Å². The molecule has 1 aliphatic rings. The Morgan fingerprint density at radius 2 is 1.93 bits per heavy atom. The van der Waals surface area contributed by atoms with Gasteiger partial charge in [-0.1, -0.05) is 30.3 Å². The molecule has 0 saturated carbocycles. The van der Waals surface area contributed by atoms with E-state index in [1.807, 2.05) is 60.8 Å². The van der Waals surface area contributed by atoms with Crippen molar-refractivity contribution in [2.75, 3.05) is 18.5 Å². The molecular formula is C21H20N2O3S2. The van der Waals surface area contributed by atoms with Crippen molar-refractivity contribution in [3.63, 3.8) is 0 Å². The fourth-order valence-corrected chi connectivity index (χ4v) is 4.37. The summed E-state index contributed by atoms with van der Waals surface area (Å²) >= 11 is 2.91. The number of anilines is 1. The highest BCUT2D eigenvalue weighted by Crippen LogP contribution is 2.35. The van der Waals surface area contributed by atoms with Gasteiger partial charge in [0.1, 0.15) is 0 Å². The van der Waals surface area contributed by atoms with Crippen LogP contribution in [-0.4, -0.2) is 29.4 Å². The third-order valence-electron chi connectivity index (χ3n) is 4.20. The highest BCUT2D eigenvalue weighted by molar-refractivity contribution is 8.00. The highest BCUT2D eigenvalue weighted by Gasteiger charge is 2.18. The Bertz CT molecular complexity index is 959. The van der Waals surface area contributed by atoms with Gasteiger partial charge in [0, 0.05) is 22.3 Å². The minimum Gasteiger partial charge on any atom is -0.490 e. The number of fused-ring (bicyclic) bond motifs is 1. The summed E-state index contributed by atoms with van der Waals surface area (Å²) in [5, 5.41) is 5.20. The van der Waals surface area contributed by atoms with Gasteiger partial charge in [-0.3, -0.25) is 4.79 Å². The number of nitrogens with one attached hydrogen (secondary N) is 1. The first-order chi connectivity index (χ1) is 13.7. The van der Waals surface area contributed by atoms with Crippen LogP contribution in [0.3, 0.4) is 0 Å². The number of hydrogen-bond donors (Lipinski definition) is 1. The molecule has 1 N–H and O–H groups in total. The van der Waals surface area contributed by atoms with Crippen molar-refractivity contribution in [2.24, 2.45) is 0 Å². The molecule has 0 radical (unpaired) electrons. The molecule has 2 aromatic carbocycles. The van der Waals surface area contributed by atoms with Gasteiger partial charge in [-0.2, -0.15) is 0 Å². The predicted octanol–water partition coefficient (Wildman–Crippen LogP) is 5.09. The lowest BCUT2D eigenvalue weighted by molar-refractivity contribution is -0.115. The summed E-state index contributed by atoms with van der Waals surface area (Å²) in [4.78, 5) is 18.1. The molecule has 1 aliphatic heterocycles. The molecule has 1 aromatic heterocycles. The average Bonchev–Trinajstić information content (AvgIpc) is 3.05. The van der Waals surface area contributed by atoms with Gasteiger partial charge < -0.3 is 14.8 Å². The number of thiazole rings is 1. The molecule has 3 aromatic rings. The second-order valence-corrected chi connectivity index (χ2v) is 8.58. The number of aromatic nitrogens is 1. The summed E-state index contributed by atoms with van der Waals surface area (Å²) < 4.78 is 11.4. The lowest BCUT2D eigenvalue weighted by atomic mass is 10.2. The van der Waals surface area contributed by atoms with Crippen molar-refractivity contribution >= 4 is 34.1 Å². The molecule has 0 bridgehead atoms. The number of thioether (sulfide) groups is 1. The summed E-state index contributed by atoms with van der Waals surface area (Å²) in [5.41, 5.74) is 1.90. The fourth-order valence-electron chi connectivity index (χ4n) is 2.75. The van der Waals surface area contributed by atoms with E-state index in [9.17, 15) is 4.79 Å². The number of ether oxygens (including phenoxy) is 2. The molecule has 7 heteroatoms. The number of hydrogen-bond acceptors (Lipinski definition) is 6. The number of nitrogens with zero attached hydrogens (tertiary/aromatic N) is 1. The molecule has 144 valence electrons. The molecule has 5 nitrogen and oxygen atoms in total. The highest BCUT2D eigenvalue weighted by atomic mass is 32.2. The number of amides is 1. The van der Waals surface area contributed by atoms with E-state index in [1.54, 1.807) is 0 Å². The van der Waals surface area contributed by atoms with E-state index in [0.29, 0.717) is 18.3 Å². The maximum atomic E-state index is 12.6. The SMILES string of the molecule is CC(Sc1ccc2c(c1)OCCCO2)C(=O)Nc1nc(-c2ccccc2)cs1. The number of carbonyl (C=O) groups is 1. The Labute approximate surface area is 172 Å². The van der Waals surface area contributed by atoms with E-state index in [0.717, 1.165) is 34.1 Å². The first kappa shape index (κ1) is 18.8. The van der Waals surface area contributed by atoms with Gasteiger partial charge in [0.05, 0.1) is 24.2 Å². The molecule has 0 fully saturated rings. The fraction of sp³-hybridized carbons (Fsp3) is 0.238. The predicted molar refractivity (Wildman–Crippen MR) is 114 cm³/mol. The Balaban J connectivity index is 1.39. The van der Waals surface area contributed by atoms with Crippen molar-refractivity contribution < 1.29 is 14.3 Å². The van der Waals surface area contributed by atoms with Gasteiger partial charge in [-0.15, -0.1) is 23.1 Å². The molecule has 1 unspecified atom stereocenters. The molecular weight excluding hydrogens is 392 g/mol. The number of benzene rings is 2. The van der Waals surface area contributed by atoms with Crippen molar-refractivity contribution in [2.45, 2.75) is 23.5 Å². The van der Waals surface area contributed by atoms with Crippen molar-refractivity contribution in [3.05, 3.63) is 53.9 Å². The van der Waals surface area contributed by atoms with Crippen LogP contribution in [0.1, 0.15) is 13.3 Å². The Kier molecular flexibility index (Phi) is 5.83. The quantitative estimate of drug-likeness (QED) is 0.592. The van der Waals surface area contributed by atoms with Gasteiger partial charge in [0.15, 0.2) is 16.6 Å². The van der Waals surface area contributed by atoms with Gasteiger partial charge >= 0.3 is 0 Å². The summed E-state index contributed by atoms with van der Waals surface area (Å²) in [7, 11) is 0. The first-order valence-electron chi connectivity index (χ1n) is 9.07. The molecule has 0 spiro atoms. The third kappa shape index (κ3) is 4.48. The van der Waals surface area contributed by atoms with E-state index in [2.05, 4.69) is 10.3 Å². The van der Waals surface area contributed by atoms with Crippen LogP contribution in [0.15, 0.2) is 58.8 Å². The van der Waals surface area contributed by atoms with E-state index >= 15 is 0 Å². The minimum absolute atomic E-state index is 0.0777. The topological polar surface area (TPSA) is 60.5 Å². The zero-order valence-electron chi connectivity index (χ0n) is 15.4. The van der Waals surface area contributed by atoms with Crippen LogP contribution in [0.25, 0.3) is 11.3 Å². The van der Waals surface area contributed by atoms with Gasteiger partial charge in [0.2, 0.25) is 5.91 Å². The lowest BCUT2D eigenvalue weighted by Crippen LogP contribution is -2.22. The Hall–Kier alpha value is -2.51. The van der Waals surface area contributed by atoms with Crippen molar-refractivity contribution in [3.8, 4) is 22.8 Å². The van der Waals surface area contributed by atoms with Crippen LogP contribution in [0, 0.1) is 0 Å². The van der Waals surface area contributed by atoms with Crippen molar-refractivity contribution in [1.29, 1.82) is 0 Å². The second kappa shape index (κ2) is 8.67. The molecule has 0 saturated heterocycles. The monoisotopic (exact) mass is 412 g/mol. The summed E-state index contributed by atoms with van der Waals surface area (Å²) in [6.07, 6.45) is 0.870. The zero-order valence-corrected chi connectivity index (χ0v) is 17.0. The molecule has 1 atom stereocenters. The maximum absolute atomic E-state index is 12.6. The largest absolute Gasteiger partial charge is 0.490 e.